The number of rotatable bonds is 2. The number of likely N-dealkylation sites (tertiary alicyclic amines) is 1. The first-order chi connectivity index (χ1) is 12.7. The van der Waals surface area contributed by atoms with Crippen LogP contribution in [0.25, 0.3) is 11.0 Å². The van der Waals surface area contributed by atoms with Gasteiger partial charge in [-0.3, -0.25) is 9.88 Å². The lowest BCUT2D eigenvalue weighted by molar-refractivity contribution is 0.279. The number of hydrogen-bond donors (Lipinski definition) is 0. The van der Waals surface area contributed by atoms with Crippen LogP contribution in [0.3, 0.4) is 0 Å². The third-order valence-electron chi connectivity index (χ3n) is 6.16. The summed E-state index contributed by atoms with van der Waals surface area (Å²) in [4.78, 5) is 14.5. The Labute approximate surface area is 178 Å². The predicted molar refractivity (Wildman–Crippen MR) is 120 cm³/mol. The Morgan fingerprint density at radius 2 is 1.61 bits per heavy atom. The van der Waals surface area contributed by atoms with Crippen molar-refractivity contribution in [3.8, 4) is 0 Å². The van der Waals surface area contributed by atoms with Crippen LogP contribution < -0.4 is 4.90 Å². The van der Waals surface area contributed by atoms with Crippen LogP contribution >= 0.6 is 24.8 Å². The summed E-state index contributed by atoms with van der Waals surface area (Å²) >= 11 is 0. The Bertz CT molecular complexity index is 964. The molecule has 148 valence electrons. The van der Waals surface area contributed by atoms with E-state index in [9.17, 15) is 0 Å². The Hall–Kier alpha value is -1.88. The van der Waals surface area contributed by atoms with Crippen molar-refractivity contribution < 1.29 is 0 Å². The van der Waals surface area contributed by atoms with Crippen LogP contribution in [-0.2, 0) is 0 Å². The van der Waals surface area contributed by atoms with Crippen LogP contribution in [0, 0.1) is 18.8 Å². The van der Waals surface area contributed by atoms with Crippen molar-refractivity contribution in [1.82, 2.24) is 14.9 Å². The number of aryl methyl sites for hydroxylation is 1. The highest BCUT2D eigenvalue weighted by molar-refractivity contribution is 5.85. The van der Waals surface area contributed by atoms with Gasteiger partial charge in [-0.05, 0) is 43.1 Å². The van der Waals surface area contributed by atoms with Gasteiger partial charge in [-0.25, -0.2) is 4.98 Å². The van der Waals surface area contributed by atoms with Gasteiger partial charge in [0, 0.05) is 31.6 Å². The lowest BCUT2D eigenvalue weighted by Gasteiger charge is -2.28. The van der Waals surface area contributed by atoms with E-state index >= 15 is 0 Å². The molecular formula is C22H26Cl2N4. The first-order valence-electron chi connectivity index (χ1n) is 9.43. The van der Waals surface area contributed by atoms with Gasteiger partial charge in [-0.2, -0.15) is 0 Å². The van der Waals surface area contributed by atoms with Gasteiger partial charge < -0.3 is 4.90 Å². The monoisotopic (exact) mass is 416 g/mol. The molecule has 3 heterocycles. The van der Waals surface area contributed by atoms with Gasteiger partial charge in [0.15, 0.2) is 0 Å². The first-order valence-corrected chi connectivity index (χ1v) is 9.43. The Morgan fingerprint density at radius 3 is 2.39 bits per heavy atom. The molecule has 0 aliphatic carbocycles. The number of fused-ring (bicyclic) bond motifs is 2. The summed E-state index contributed by atoms with van der Waals surface area (Å²) in [6.07, 6.45) is 1.94. The summed E-state index contributed by atoms with van der Waals surface area (Å²) in [5.41, 5.74) is 4.82. The number of benzene rings is 2. The minimum atomic E-state index is 0. The fourth-order valence-electron chi connectivity index (χ4n) is 4.93. The van der Waals surface area contributed by atoms with Crippen LogP contribution in [0.1, 0.15) is 17.2 Å². The maximum Gasteiger partial charge on any atom is 0.147 e. The highest BCUT2D eigenvalue weighted by atomic mass is 35.5. The smallest absolute Gasteiger partial charge is 0.147 e. The summed E-state index contributed by atoms with van der Waals surface area (Å²) in [5, 5.41) is 0. The highest BCUT2D eigenvalue weighted by Gasteiger charge is 2.46. The third kappa shape index (κ3) is 3.45. The zero-order valence-electron chi connectivity index (χ0n) is 16.2. The average molecular weight is 417 g/mol. The van der Waals surface area contributed by atoms with Gasteiger partial charge in [-0.15, -0.1) is 24.8 Å². The maximum absolute atomic E-state index is 4.87. The molecular weight excluding hydrogens is 391 g/mol. The van der Waals surface area contributed by atoms with E-state index in [1.165, 1.54) is 11.1 Å². The van der Waals surface area contributed by atoms with E-state index in [1.54, 1.807) is 0 Å². The second-order valence-corrected chi connectivity index (χ2v) is 7.79. The molecule has 0 N–H and O–H groups in total. The number of halogens is 2. The summed E-state index contributed by atoms with van der Waals surface area (Å²) in [6, 6.07) is 17.5. The van der Waals surface area contributed by atoms with E-state index in [4.69, 9.17) is 4.98 Å². The van der Waals surface area contributed by atoms with Crippen molar-refractivity contribution in [2.45, 2.75) is 13.0 Å². The molecule has 0 amide bonds. The molecule has 2 saturated heterocycles. The predicted octanol–water partition coefficient (Wildman–Crippen LogP) is 4.52. The highest BCUT2D eigenvalue weighted by Crippen LogP contribution is 2.45. The van der Waals surface area contributed by atoms with Crippen molar-refractivity contribution in [3.05, 3.63) is 65.9 Å². The minimum Gasteiger partial charge on any atom is -0.355 e. The topological polar surface area (TPSA) is 32.3 Å². The van der Waals surface area contributed by atoms with Crippen LogP contribution in [0.2, 0.25) is 0 Å². The summed E-state index contributed by atoms with van der Waals surface area (Å²) in [6.45, 7) is 5.52. The molecule has 0 radical (unpaired) electrons. The number of nitrogens with zero attached hydrogens (tertiary/aromatic N) is 4. The lowest BCUT2D eigenvalue weighted by Crippen LogP contribution is -2.29. The quantitative estimate of drug-likeness (QED) is 0.614. The van der Waals surface area contributed by atoms with Gasteiger partial charge in [0.1, 0.15) is 5.82 Å². The molecule has 2 aliphatic heterocycles. The number of hydrogen-bond acceptors (Lipinski definition) is 4. The van der Waals surface area contributed by atoms with E-state index in [2.05, 4.69) is 53.0 Å². The number of para-hydroxylation sites is 2. The molecule has 0 saturated carbocycles. The molecule has 4 nitrogen and oxygen atoms in total. The van der Waals surface area contributed by atoms with Crippen molar-refractivity contribution in [3.63, 3.8) is 0 Å². The summed E-state index contributed by atoms with van der Waals surface area (Å²) < 4.78 is 0. The molecule has 2 fully saturated rings. The molecule has 0 unspecified atom stereocenters. The second-order valence-electron chi connectivity index (χ2n) is 7.79. The molecule has 2 aliphatic rings. The van der Waals surface area contributed by atoms with Crippen LogP contribution in [0.4, 0.5) is 5.82 Å². The largest absolute Gasteiger partial charge is 0.355 e. The van der Waals surface area contributed by atoms with Crippen molar-refractivity contribution >= 4 is 41.7 Å². The summed E-state index contributed by atoms with van der Waals surface area (Å²) in [5.74, 6) is 2.36. The van der Waals surface area contributed by atoms with E-state index in [0.717, 1.165) is 36.5 Å². The van der Waals surface area contributed by atoms with Gasteiger partial charge in [0.2, 0.25) is 0 Å². The molecule has 6 heteroatoms. The van der Waals surface area contributed by atoms with E-state index < -0.39 is 0 Å². The Morgan fingerprint density at radius 1 is 0.893 bits per heavy atom. The molecule has 1 aromatic heterocycles. The van der Waals surface area contributed by atoms with Crippen LogP contribution in [0.15, 0.2) is 54.7 Å². The first kappa shape index (κ1) is 20.8. The zero-order chi connectivity index (χ0) is 17.7. The molecule has 2 aromatic carbocycles. The van der Waals surface area contributed by atoms with Crippen LogP contribution in [-0.4, -0.2) is 41.5 Å². The van der Waals surface area contributed by atoms with Crippen molar-refractivity contribution in [2.75, 3.05) is 31.6 Å². The number of anilines is 1. The molecule has 3 atom stereocenters. The van der Waals surface area contributed by atoms with Gasteiger partial charge in [-0.1, -0.05) is 36.4 Å². The fourth-order valence-corrected chi connectivity index (χ4v) is 4.93. The Kier molecular flexibility index (Phi) is 6.13. The zero-order valence-corrected chi connectivity index (χ0v) is 17.8. The van der Waals surface area contributed by atoms with E-state index in [1.807, 2.05) is 30.5 Å². The van der Waals surface area contributed by atoms with Gasteiger partial charge in [0.05, 0.1) is 17.2 Å². The normalized spacial score (nSPS) is 23.9. The van der Waals surface area contributed by atoms with Crippen molar-refractivity contribution in [2.24, 2.45) is 11.8 Å². The lowest BCUT2D eigenvalue weighted by atomic mass is 9.88. The van der Waals surface area contributed by atoms with Gasteiger partial charge >= 0.3 is 0 Å². The SMILES string of the molecule is Cc1ccccc1[C@H]1[C@@H]2CN(c3cnc4ccccc4n3)C[C@@H]2CN1C.Cl.Cl. The number of aromatic nitrogens is 2. The molecule has 0 spiro atoms. The summed E-state index contributed by atoms with van der Waals surface area (Å²) in [7, 11) is 2.27. The van der Waals surface area contributed by atoms with Crippen molar-refractivity contribution in [1.29, 1.82) is 0 Å². The molecule has 0 bridgehead atoms. The molecule has 5 rings (SSSR count). The standard InChI is InChI=1S/C22H24N4.2ClH/c1-15-7-3-4-8-17(15)22-18-14-26(13-16(18)12-25(22)2)21-11-23-19-9-5-6-10-20(19)24-21;;/h3-11,16,18,22H,12-14H2,1-2H3;2*1H/t16-,18+,22-;;/m0../s1. The fraction of sp³-hybridized carbons (Fsp3) is 0.364. The molecule has 28 heavy (non-hydrogen) atoms. The second kappa shape index (κ2) is 8.24. The van der Waals surface area contributed by atoms with Gasteiger partial charge in [0.25, 0.3) is 0 Å². The minimum absolute atomic E-state index is 0. The van der Waals surface area contributed by atoms with E-state index in [-0.39, 0.29) is 24.8 Å². The molecule has 3 aromatic rings. The Balaban J connectivity index is 0.00000112. The average Bonchev–Trinajstić information content (AvgIpc) is 3.19. The third-order valence-corrected chi connectivity index (χ3v) is 6.16. The maximum atomic E-state index is 4.87. The van der Waals surface area contributed by atoms with E-state index in [0.29, 0.717) is 17.9 Å². The van der Waals surface area contributed by atoms with Crippen LogP contribution in [0.5, 0.6) is 0 Å².